The zero-order valence-corrected chi connectivity index (χ0v) is 14.4. The maximum atomic E-state index is 12.8. The first kappa shape index (κ1) is 15.8. The largest absolute Gasteiger partial charge is 0.339 e. The summed E-state index contributed by atoms with van der Waals surface area (Å²) in [5.74, 6) is 1.48. The first-order chi connectivity index (χ1) is 12.1. The summed E-state index contributed by atoms with van der Waals surface area (Å²) in [5.41, 5.74) is 1.63. The minimum atomic E-state index is -0.0965. The third-order valence-electron chi connectivity index (χ3n) is 4.57. The van der Waals surface area contributed by atoms with E-state index in [0.717, 1.165) is 30.7 Å². The Labute approximate surface area is 145 Å². The van der Waals surface area contributed by atoms with Gasteiger partial charge in [-0.05, 0) is 25.0 Å². The molecule has 1 saturated heterocycles. The molecule has 4 rings (SSSR count). The van der Waals surface area contributed by atoms with Crippen LogP contribution in [-0.4, -0.2) is 36.9 Å². The lowest BCUT2D eigenvalue weighted by atomic mass is 10.2. The Morgan fingerprint density at radius 2 is 2.24 bits per heavy atom. The normalized spacial score (nSPS) is 17.7. The second-order valence-electron chi connectivity index (χ2n) is 6.77. The van der Waals surface area contributed by atoms with Crippen molar-refractivity contribution in [2.75, 3.05) is 6.54 Å². The fourth-order valence-electron chi connectivity index (χ4n) is 3.28. The molecular formula is C18H21N5O2. The first-order valence-electron chi connectivity index (χ1n) is 8.67. The number of fused-ring (bicyclic) bond motifs is 1. The highest BCUT2D eigenvalue weighted by Crippen LogP contribution is 2.31. The van der Waals surface area contributed by atoms with E-state index in [2.05, 4.69) is 15.1 Å². The summed E-state index contributed by atoms with van der Waals surface area (Å²) in [4.78, 5) is 23.7. The molecule has 0 N–H and O–H groups in total. The van der Waals surface area contributed by atoms with Gasteiger partial charge in [0.25, 0.3) is 0 Å². The number of amides is 1. The second-order valence-corrected chi connectivity index (χ2v) is 6.77. The van der Waals surface area contributed by atoms with Crippen molar-refractivity contribution in [3.05, 3.63) is 48.0 Å². The third kappa shape index (κ3) is 3.01. The van der Waals surface area contributed by atoms with Gasteiger partial charge in [-0.25, -0.2) is 4.98 Å². The van der Waals surface area contributed by atoms with Crippen LogP contribution in [0.5, 0.6) is 0 Å². The van der Waals surface area contributed by atoms with E-state index >= 15 is 0 Å². The lowest BCUT2D eigenvalue weighted by Crippen LogP contribution is -2.32. The van der Waals surface area contributed by atoms with Crippen molar-refractivity contribution < 1.29 is 9.32 Å². The van der Waals surface area contributed by atoms with Gasteiger partial charge in [-0.15, -0.1) is 0 Å². The maximum absolute atomic E-state index is 12.8. The molecule has 130 valence electrons. The molecular weight excluding hydrogens is 318 g/mol. The third-order valence-corrected chi connectivity index (χ3v) is 4.57. The van der Waals surface area contributed by atoms with Gasteiger partial charge in [0, 0.05) is 24.9 Å². The van der Waals surface area contributed by atoms with Gasteiger partial charge in [-0.3, -0.25) is 4.79 Å². The fourth-order valence-corrected chi connectivity index (χ4v) is 3.28. The van der Waals surface area contributed by atoms with E-state index < -0.39 is 0 Å². The summed E-state index contributed by atoms with van der Waals surface area (Å²) in [5, 5.41) is 4.09. The summed E-state index contributed by atoms with van der Waals surface area (Å²) in [7, 11) is 0. The monoisotopic (exact) mass is 339 g/mol. The number of carbonyl (C=O) groups excluding carboxylic acids is 1. The van der Waals surface area contributed by atoms with Crippen molar-refractivity contribution in [3.8, 4) is 0 Å². The molecule has 1 atom stereocenters. The molecule has 7 heteroatoms. The highest BCUT2D eigenvalue weighted by atomic mass is 16.5. The molecule has 0 spiro atoms. The van der Waals surface area contributed by atoms with Crippen molar-refractivity contribution in [2.24, 2.45) is 0 Å². The Hall–Kier alpha value is -2.70. The molecule has 7 nitrogen and oxygen atoms in total. The van der Waals surface area contributed by atoms with Gasteiger partial charge in [-0.1, -0.05) is 25.1 Å². The summed E-state index contributed by atoms with van der Waals surface area (Å²) in [6.07, 6.45) is 5.94. The van der Waals surface area contributed by atoms with Gasteiger partial charge < -0.3 is 13.8 Å². The topological polar surface area (TPSA) is 76.5 Å². The maximum Gasteiger partial charge on any atom is 0.229 e. The van der Waals surface area contributed by atoms with E-state index in [1.54, 1.807) is 0 Å². The number of rotatable bonds is 4. The number of nitrogens with zero attached hydrogens (tertiary/aromatic N) is 5. The van der Waals surface area contributed by atoms with E-state index in [-0.39, 0.29) is 24.3 Å². The smallest absolute Gasteiger partial charge is 0.229 e. The fraction of sp³-hybridized carbons (Fsp3) is 0.444. The molecule has 3 aromatic rings. The summed E-state index contributed by atoms with van der Waals surface area (Å²) in [6.45, 7) is 4.75. The molecule has 3 aromatic heterocycles. The molecule has 0 radical (unpaired) electrons. The van der Waals surface area contributed by atoms with Gasteiger partial charge >= 0.3 is 0 Å². The predicted octanol–water partition coefficient (Wildman–Crippen LogP) is 2.75. The molecule has 0 saturated carbocycles. The van der Waals surface area contributed by atoms with E-state index in [4.69, 9.17) is 4.52 Å². The lowest BCUT2D eigenvalue weighted by Gasteiger charge is -2.21. The van der Waals surface area contributed by atoms with Crippen LogP contribution in [0.15, 0.2) is 35.1 Å². The Kier molecular flexibility index (Phi) is 3.99. The standard InChI is InChI=1S/C18H21N5O2/c1-12(2)18-20-17(21-25-18)14-6-5-9-23(14)16(24)10-13-11-22-8-4-3-7-15(22)19-13/h3-4,7-8,11-12,14H,5-6,9-10H2,1-2H3/t14-/m1/s1. The number of pyridine rings is 1. The summed E-state index contributed by atoms with van der Waals surface area (Å²) in [6, 6.07) is 5.71. The van der Waals surface area contributed by atoms with E-state index in [1.165, 1.54) is 0 Å². The predicted molar refractivity (Wildman–Crippen MR) is 91.0 cm³/mol. The van der Waals surface area contributed by atoms with Crippen LogP contribution in [0, 0.1) is 0 Å². The van der Waals surface area contributed by atoms with Crippen LogP contribution in [0.4, 0.5) is 0 Å². The van der Waals surface area contributed by atoms with Crippen LogP contribution in [0.25, 0.3) is 5.65 Å². The highest BCUT2D eigenvalue weighted by molar-refractivity contribution is 5.79. The Morgan fingerprint density at radius 3 is 3.00 bits per heavy atom. The summed E-state index contributed by atoms with van der Waals surface area (Å²) < 4.78 is 7.24. The molecule has 0 aromatic carbocycles. The zero-order chi connectivity index (χ0) is 17.4. The Bertz CT molecular complexity index is 865. The minimum absolute atomic E-state index is 0.0572. The molecule has 1 aliphatic rings. The van der Waals surface area contributed by atoms with Crippen LogP contribution < -0.4 is 0 Å². The average molecular weight is 339 g/mol. The second kappa shape index (κ2) is 6.31. The SMILES string of the molecule is CC(C)c1nc([C@H]2CCCN2C(=O)Cc2cn3ccccc3n2)no1. The van der Waals surface area contributed by atoms with Gasteiger partial charge in [0.1, 0.15) is 5.65 Å². The van der Waals surface area contributed by atoms with Crippen LogP contribution >= 0.6 is 0 Å². The van der Waals surface area contributed by atoms with Crippen LogP contribution in [0.1, 0.15) is 56.1 Å². The number of likely N-dealkylation sites (tertiary alicyclic amines) is 1. The quantitative estimate of drug-likeness (QED) is 0.730. The van der Waals surface area contributed by atoms with E-state index in [0.29, 0.717) is 11.7 Å². The number of carbonyl (C=O) groups is 1. The van der Waals surface area contributed by atoms with Gasteiger partial charge in [0.15, 0.2) is 5.82 Å². The van der Waals surface area contributed by atoms with Gasteiger partial charge in [0.05, 0.1) is 18.2 Å². The van der Waals surface area contributed by atoms with E-state index in [9.17, 15) is 4.79 Å². The van der Waals surface area contributed by atoms with Crippen molar-refractivity contribution in [1.82, 2.24) is 24.4 Å². The number of hydrogen-bond acceptors (Lipinski definition) is 5. The van der Waals surface area contributed by atoms with Crippen molar-refractivity contribution in [2.45, 2.75) is 45.1 Å². The molecule has 0 unspecified atom stereocenters. The van der Waals surface area contributed by atoms with Crippen LogP contribution in [-0.2, 0) is 11.2 Å². The molecule has 1 aliphatic heterocycles. The number of imidazole rings is 1. The number of hydrogen-bond donors (Lipinski definition) is 0. The Morgan fingerprint density at radius 1 is 1.36 bits per heavy atom. The first-order valence-corrected chi connectivity index (χ1v) is 8.67. The Balaban J connectivity index is 1.51. The summed E-state index contributed by atoms with van der Waals surface area (Å²) >= 11 is 0. The van der Waals surface area contributed by atoms with Gasteiger partial charge in [-0.2, -0.15) is 4.98 Å². The molecule has 0 bridgehead atoms. The molecule has 1 fully saturated rings. The molecule has 0 aliphatic carbocycles. The minimum Gasteiger partial charge on any atom is -0.339 e. The number of aromatic nitrogens is 4. The molecule has 25 heavy (non-hydrogen) atoms. The van der Waals surface area contributed by atoms with Crippen LogP contribution in [0.3, 0.4) is 0 Å². The molecule has 4 heterocycles. The van der Waals surface area contributed by atoms with Crippen molar-refractivity contribution >= 4 is 11.6 Å². The van der Waals surface area contributed by atoms with Crippen molar-refractivity contribution in [3.63, 3.8) is 0 Å². The van der Waals surface area contributed by atoms with Crippen molar-refractivity contribution in [1.29, 1.82) is 0 Å². The molecule has 1 amide bonds. The lowest BCUT2D eigenvalue weighted by molar-refractivity contribution is -0.131. The van der Waals surface area contributed by atoms with Crippen LogP contribution in [0.2, 0.25) is 0 Å². The zero-order valence-electron chi connectivity index (χ0n) is 14.4. The average Bonchev–Trinajstić information content (AvgIpc) is 3.32. The van der Waals surface area contributed by atoms with Gasteiger partial charge in [0.2, 0.25) is 11.8 Å². The highest BCUT2D eigenvalue weighted by Gasteiger charge is 2.33. The van der Waals surface area contributed by atoms with E-state index in [1.807, 2.05) is 53.7 Å².